The Labute approximate surface area is 178 Å². The highest BCUT2D eigenvalue weighted by Gasteiger charge is 2.12. The van der Waals surface area contributed by atoms with Crippen LogP contribution in [0.1, 0.15) is 31.7 Å². The lowest BCUT2D eigenvalue weighted by molar-refractivity contribution is 0.286. The minimum absolute atomic E-state index is 0.177. The Morgan fingerprint density at radius 2 is 1.93 bits per heavy atom. The van der Waals surface area contributed by atoms with E-state index in [1.54, 1.807) is 7.11 Å². The minimum Gasteiger partial charge on any atom is -0.493 e. The van der Waals surface area contributed by atoms with E-state index in [0.29, 0.717) is 33.4 Å². The smallest absolute Gasteiger partial charge is 0.291 e. The molecule has 0 fully saturated rings. The van der Waals surface area contributed by atoms with Crippen LogP contribution < -0.4 is 19.6 Å². The van der Waals surface area contributed by atoms with Gasteiger partial charge in [0.2, 0.25) is 4.96 Å². The van der Waals surface area contributed by atoms with Crippen LogP contribution in [-0.4, -0.2) is 28.3 Å². The highest BCUT2D eigenvalue weighted by molar-refractivity contribution is 7.15. The highest BCUT2D eigenvalue weighted by atomic mass is 32.1. The normalized spacial score (nSPS) is 11.9. The second-order valence-corrected chi connectivity index (χ2v) is 7.89. The fourth-order valence-corrected chi connectivity index (χ4v) is 4.03. The molecule has 2 aromatic carbocycles. The monoisotopic (exact) mass is 421 g/mol. The summed E-state index contributed by atoms with van der Waals surface area (Å²) < 4.78 is 13.2. The number of fused-ring (bicyclic) bond motifs is 1. The molecule has 0 radical (unpaired) electrons. The van der Waals surface area contributed by atoms with Crippen LogP contribution >= 0.6 is 11.3 Å². The van der Waals surface area contributed by atoms with E-state index in [0.717, 1.165) is 30.4 Å². The Balaban J connectivity index is 1.62. The number of methoxy groups -OCH3 is 1. The summed E-state index contributed by atoms with van der Waals surface area (Å²) in [6.45, 7) is 2.82. The van der Waals surface area contributed by atoms with Crippen molar-refractivity contribution in [1.82, 2.24) is 14.6 Å². The van der Waals surface area contributed by atoms with Gasteiger partial charge in [0.05, 0.1) is 18.2 Å². The summed E-state index contributed by atoms with van der Waals surface area (Å²) in [7, 11) is 1.62. The van der Waals surface area contributed by atoms with E-state index in [-0.39, 0.29) is 5.56 Å². The summed E-state index contributed by atoms with van der Waals surface area (Å²) in [5, 5.41) is 4.38. The SMILES string of the molecule is CCCCCOc1ccc(/C=c2\sc3nc(-c4ccccc4)nn3c2=O)cc1OC. The second kappa shape index (κ2) is 9.09. The fourth-order valence-electron chi connectivity index (χ4n) is 3.12. The fraction of sp³-hybridized carbons (Fsp3) is 0.261. The quantitative estimate of drug-likeness (QED) is 0.403. The lowest BCUT2D eigenvalue weighted by atomic mass is 10.2. The van der Waals surface area contributed by atoms with Gasteiger partial charge < -0.3 is 9.47 Å². The molecule has 0 spiro atoms. The molecular formula is C23H23N3O3S. The molecule has 0 atom stereocenters. The molecule has 2 heterocycles. The van der Waals surface area contributed by atoms with Gasteiger partial charge in [-0.3, -0.25) is 4.79 Å². The third kappa shape index (κ3) is 4.21. The second-order valence-electron chi connectivity index (χ2n) is 6.88. The summed E-state index contributed by atoms with van der Waals surface area (Å²) in [6, 6.07) is 15.3. The molecular weight excluding hydrogens is 398 g/mol. The Bertz CT molecular complexity index is 1250. The van der Waals surface area contributed by atoms with Crippen LogP contribution in [0.3, 0.4) is 0 Å². The van der Waals surface area contributed by atoms with Crippen LogP contribution in [0.2, 0.25) is 0 Å². The molecule has 0 amide bonds. The molecule has 0 aliphatic heterocycles. The highest BCUT2D eigenvalue weighted by Crippen LogP contribution is 2.28. The van der Waals surface area contributed by atoms with E-state index < -0.39 is 0 Å². The zero-order valence-corrected chi connectivity index (χ0v) is 17.8. The summed E-state index contributed by atoms with van der Waals surface area (Å²) in [5.74, 6) is 1.92. The Kier molecular flexibility index (Phi) is 6.09. The number of aromatic nitrogens is 3. The van der Waals surface area contributed by atoms with Crippen molar-refractivity contribution < 1.29 is 9.47 Å². The lowest BCUT2D eigenvalue weighted by Crippen LogP contribution is -2.23. The van der Waals surface area contributed by atoms with E-state index in [2.05, 4.69) is 17.0 Å². The Hall–Kier alpha value is -3.19. The molecule has 0 aliphatic carbocycles. The predicted molar refractivity (Wildman–Crippen MR) is 119 cm³/mol. The minimum atomic E-state index is -0.177. The van der Waals surface area contributed by atoms with Crippen molar-refractivity contribution in [3.8, 4) is 22.9 Å². The molecule has 2 aromatic heterocycles. The number of benzene rings is 2. The van der Waals surface area contributed by atoms with Gasteiger partial charge in [0, 0.05) is 5.56 Å². The van der Waals surface area contributed by atoms with Gasteiger partial charge in [-0.1, -0.05) is 67.5 Å². The van der Waals surface area contributed by atoms with Crippen LogP contribution in [0, 0.1) is 0 Å². The number of ether oxygens (including phenoxy) is 2. The standard InChI is InChI=1S/C23H23N3O3S/c1-3-4-8-13-29-18-12-11-16(14-19(18)28-2)15-20-22(27)26-23(30-20)24-21(25-26)17-9-6-5-7-10-17/h5-7,9-12,14-15H,3-4,8,13H2,1-2H3/b20-15-. The summed E-state index contributed by atoms with van der Waals surface area (Å²) in [4.78, 5) is 17.9. The predicted octanol–water partition coefficient (Wildman–Crippen LogP) is 3.94. The van der Waals surface area contributed by atoms with Crippen LogP contribution in [0.4, 0.5) is 0 Å². The molecule has 0 saturated heterocycles. The molecule has 0 unspecified atom stereocenters. The summed E-state index contributed by atoms with van der Waals surface area (Å²) in [6.07, 6.45) is 5.13. The van der Waals surface area contributed by atoms with E-state index in [9.17, 15) is 4.79 Å². The number of unbranched alkanes of at least 4 members (excludes halogenated alkanes) is 2. The van der Waals surface area contributed by atoms with Crippen LogP contribution in [-0.2, 0) is 0 Å². The van der Waals surface area contributed by atoms with Crippen LogP contribution in [0.5, 0.6) is 11.5 Å². The topological polar surface area (TPSA) is 65.7 Å². The number of thiazole rings is 1. The van der Waals surface area contributed by atoms with Crippen LogP contribution in [0.15, 0.2) is 53.3 Å². The first-order valence-corrected chi connectivity index (χ1v) is 10.8. The first kappa shape index (κ1) is 20.1. The molecule has 0 N–H and O–H groups in total. The molecule has 0 aliphatic rings. The van der Waals surface area contributed by atoms with Crippen molar-refractivity contribution in [2.75, 3.05) is 13.7 Å². The van der Waals surface area contributed by atoms with Crippen molar-refractivity contribution in [1.29, 1.82) is 0 Å². The van der Waals surface area contributed by atoms with Gasteiger partial charge in [0.15, 0.2) is 17.3 Å². The lowest BCUT2D eigenvalue weighted by Gasteiger charge is -2.11. The molecule has 30 heavy (non-hydrogen) atoms. The molecule has 0 bridgehead atoms. The van der Waals surface area contributed by atoms with E-state index >= 15 is 0 Å². The zero-order chi connectivity index (χ0) is 20.9. The van der Waals surface area contributed by atoms with E-state index in [1.807, 2.05) is 54.6 Å². The van der Waals surface area contributed by atoms with Gasteiger partial charge in [-0.25, -0.2) is 0 Å². The van der Waals surface area contributed by atoms with Gasteiger partial charge in [0.1, 0.15) is 0 Å². The third-order valence-electron chi connectivity index (χ3n) is 4.70. The molecule has 154 valence electrons. The van der Waals surface area contributed by atoms with Crippen molar-refractivity contribution in [2.45, 2.75) is 26.2 Å². The van der Waals surface area contributed by atoms with Gasteiger partial charge in [0.25, 0.3) is 5.56 Å². The molecule has 4 rings (SSSR count). The largest absolute Gasteiger partial charge is 0.493 e. The summed E-state index contributed by atoms with van der Waals surface area (Å²) in [5.41, 5.74) is 1.57. The number of hydrogen-bond donors (Lipinski definition) is 0. The van der Waals surface area contributed by atoms with E-state index in [4.69, 9.17) is 9.47 Å². The van der Waals surface area contributed by atoms with Crippen molar-refractivity contribution >= 4 is 22.4 Å². The third-order valence-corrected chi connectivity index (χ3v) is 5.66. The maximum atomic E-state index is 12.8. The molecule has 7 heteroatoms. The Morgan fingerprint density at radius 1 is 1.10 bits per heavy atom. The Morgan fingerprint density at radius 3 is 2.67 bits per heavy atom. The molecule has 4 aromatic rings. The maximum absolute atomic E-state index is 12.8. The van der Waals surface area contributed by atoms with Gasteiger partial charge in [-0.15, -0.1) is 5.10 Å². The van der Waals surface area contributed by atoms with Gasteiger partial charge >= 0.3 is 0 Å². The molecule has 0 saturated carbocycles. The first-order chi connectivity index (χ1) is 14.7. The number of rotatable bonds is 8. The van der Waals surface area contributed by atoms with Crippen molar-refractivity contribution in [3.05, 3.63) is 69.0 Å². The number of hydrogen-bond acceptors (Lipinski definition) is 6. The number of nitrogens with zero attached hydrogens (tertiary/aromatic N) is 3. The first-order valence-electron chi connectivity index (χ1n) is 9.97. The van der Waals surface area contributed by atoms with Crippen molar-refractivity contribution in [2.24, 2.45) is 0 Å². The van der Waals surface area contributed by atoms with Gasteiger partial charge in [-0.05, 0) is 30.2 Å². The molecule has 6 nitrogen and oxygen atoms in total. The van der Waals surface area contributed by atoms with Crippen LogP contribution in [0.25, 0.3) is 22.4 Å². The van der Waals surface area contributed by atoms with Crippen molar-refractivity contribution in [3.63, 3.8) is 0 Å². The average Bonchev–Trinajstić information content (AvgIpc) is 3.32. The average molecular weight is 422 g/mol. The summed E-state index contributed by atoms with van der Waals surface area (Å²) >= 11 is 1.32. The zero-order valence-electron chi connectivity index (χ0n) is 17.0. The van der Waals surface area contributed by atoms with E-state index in [1.165, 1.54) is 15.9 Å². The van der Waals surface area contributed by atoms with Gasteiger partial charge in [-0.2, -0.15) is 9.50 Å². The maximum Gasteiger partial charge on any atom is 0.291 e.